The highest BCUT2D eigenvalue weighted by molar-refractivity contribution is 9.10. The lowest BCUT2D eigenvalue weighted by Crippen LogP contribution is -2.30. The van der Waals surface area contributed by atoms with Crippen molar-refractivity contribution < 1.29 is 4.79 Å². The zero-order valence-corrected chi connectivity index (χ0v) is 14.4. The van der Waals surface area contributed by atoms with Crippen molar-refractivity contribution in [2.45, 2.75) is 40.4 Å². The van der Waals surface area contributed by atoms with Crippen molar-refractivity contribution in [3.8, 4) is 0 Å². The second-order valence-corrected chi connectivity index (χ2v) is 5.96. The van der Waals surface area contributed by atoms with Crippen LogP contribution in [0.15, 0.2) is 16.9 Å². The second kappa shape index (κ2) is 6.43. The molecule has 0 saturated heterocycles. The van der Waals surface area contributed by atoms with E-state index < -0.39 is 0 Å². The van der Waals surface area contributed by atoms with E-state index in [4.69, 9.17) is 0 Å². The molecule has 6 nitrogen and oxygen atoms in total. The van der Waals surface area contributed by atoms with Gasteiger partial charge in [-0.05, 0) is 36.7 Å². The fourth-order valence-corrected chi connectivity index (χ4v) is 2.37. The zero-order valence-electron chi connectivity index (χ0n) is 12.8. The monoisotopic (exact) mass is 353 g/mol. The topological polar surface area (TPSA) is 56.0 Å². The van der Waals surface area contributed by atoms with Crippen LogP contribution in [0.1, 0.15) is 23.9 Å². The van der Waals surface area contributed by atoms with Crippen molar-refractivity contribution in [2.75, 3.05) is 7.05 Å². The third-order valence-electron chi connectivity index (χ3n) is 3.39. The van der Waals surface area contributed by atoms with Gasteiger partial charge in [-0.2, -0.15) is 10.2 Å². The van der Waals surface area contributed by atoms with Gasteiger partial charge in [0.1, 0.15) is 6.54 Å². The first-order valence-electron chi connectivity index (χ1n) is 6.87. The highest BCUT2D eigenvalue weighted by Gasteiger charge is 2.14. The average molecular weight is 354 g/mol. The van der Waals surface area contributed by atoms with E-state index in [-0.39, 0.29) is 12.5 Å². The Bertz CT molecular complexity index is 626. The third-order valence-corrected chi connectivity index (χ3v) is 4.17. The Kier molecular flexibility index (Phi) is 4.82. The fourth-order valence-electron chi connectivity index (χ4n) is 2.05. The minimum absolute atomic E-state index is 0.0219. The molecule has 0 radical (unpaired) electrons. The number of carbonyl (C=O) groups excluding carboxylic acids is 1. The van der Waals surface area contributed by atoms with Crippen LogP contribution in [-0.2, 0) is 24.4 Å². The Morgan fingerprint density at radius 1 is 1.24 bits per heavy atom. The van der Waals surface area contributed by atoms with E-state index >= 15 is 0 Å². The largest absolute Gasteiger partial charge is 0.340 e. The Morgan fingerprint density at radius 3 is 2.43 bits per heavy atom. The molecular formula is C14H20BrN5O. The molecule has 0 fully saturated rings. The van der Waals surface area contributed by atoms with Crippen LogP contribution in [0, 0.1) is 13.8 Å². The first-order chi connectivity index (χ1) is 9.90. The lowest BCUT2D eigenvalue weighted by molar-refractivity contribution is -0.131. The lowest BCUT2D eigenvalue weighted by atomic mass is 10.2. The number of aromatic nitrogens is 4. The van der Waals surface area contributed by atoms with E-state index in [1.165, 1.54) is 0 Å². The highest BCUT2D eigenvalue weighted by Crippen LogP contribution is 2.14. The molecule has 2 heterocycles. The van der Waals surface area contributed by atoms with Gasteiger partial charge in [-0.25, -0.2) is 0 Å². The summed E-state index contributed by atoms with van der Waals surface area (Å²) >= 11 is 3.40. The number of aryl methyl sites for hydroxylation is 3. The van der Waals surface area contributed by atoms with Crippen LogP contribution in [-0.4, -0.2) is 37.4 Å². The molecule has 21 heavy (non-hydrogen) atoms. The number of carbonyl (C=O) groups is 1. The number of hydrogen-bond acceptors (Lipinski definition) is 3. The van der Waals surface area contributed by atoms with Crippen LogP contribution in [0.4, 0.5) is 0 Å². The standard InChI is InChI=1S/C14H20BrN5O/c1-5-19-7-12(10(2)16-19)6-18(4)14(21)9-20-8-13(15)11(3)17-20/h7-8H,5-6,9H2,1-4H3. The average Bonchev–Trinajstić information content (AvgIpc) is 2.93. The van der Waals surface area contributed by atoms with Crippen LogP contribution in [0.5, 0.6) is 0 Å². The maximum absolute atomic E-state index is 12.2. The van der Waals surface area contributed by atoms with Gasteiger partial charge < -0.3 is 4.90 Å². The molecule has 2 aromatic heterocycles. The Hall–Kier alpha value is -1.63. The molecule has 114 valence electrons. The maximum atomic E-state index is 12.2. The van der Waals surface area contributed by atoms with E-state index in [1.807, 2.05) is 37.8 Å². The van der Waals surface area contributed by atoms with Crippen molar-refractivity contribution in [2.24, 2.45) is 0 Å². The molecule has 0 aliphatic rings. The van der Waals surface area contributed by atoms with Crippen LogP contribution < -0.4 is 0 Å². The summed E-state index contributed by atoms with van der Waals surface area (Å²) in [7, 11) is 1.80. The van der Waals surface area contributed by atoms with E-state index in [0.717, 1.165) is 28.0 Å². The minimum atomic E-state index is 0.0219. The number of rotatable bonds is 5. The van der Waals surface area contributed by atoms with Crippen LogP contribution >= 0.6 is 15.9 Å². The molecule has 0 bridgehead atoms. The van der Waals surface area contributed by atoms with Crippen molar-refractivity contribution in [1.82, 2.24) is 24.5 Å². The van der Waals surface area contributed by atoms with Gasteiger partial charge in [0.25, 0.3) is 0 Å². The van der Waals surface area contributed by atoms with Crippen LogP contribution in [0.25, 0.3) is 0 Å². The summed E-state index contributed by atoms with van der Waals surface area (Å²) in [5.41, 5.74) is 2.92. The molecule has 2 rings (SSSR count). The van der Waals surface area contributed by atoms with Crippen molar-refractivity contribution in [1.29, 1.82) is 0 Å². The predicted molar refractivity (Wildman–Crippen MR) is 83.8 cm³/mol. The predicted octanol–water partition coefficient (Wildman–Crippen LogP) is 2.14. The second-order valence-electron chi connectivity index (χ2n) is 5.11. The molecule has 0 N–H and O–H groups in total. The minimum Gasteiger partial charge on any atom is -0.340 e. The van der Waals surface area contributed by atoms with Gasteiger partial charge >= 0.3 is 0 Å². The summed E-state index contributed by atoms with van der Waals surface area (Å²) in [5, 5.41) is 8.68. The first kappa shape index (κ1) is 15.8. The Balaban J connectivity index is 2.00. The quantitative estimate of drug-likeness (QED) is 0.827. The molecule has 0 unspecified atom stereocenters. The highest BCUT2D eigenvalue weighted by atomic mass is 79.9. The first-order valence-corrected chi connectivity index (χ1v) is 7.66. The molecule has 1 amide bonds. The van der Waals surface area contributed by atoms with Gasteiger partial charge in [0.15, 0.2) is 0 Å². The van der Waals surface area contributed by atoms with Crippen LogP contribution in [0.2, 0.25) is 0 Å². The molecule has 0 spiro atoms. The van der Waals surface area contributed by atoms with Crippen LogP contribution in [0.3, 0.4) is 0 Å². The Labute approximate surface area is 132 Å². The van der Waals surface area contributed by atoms with Gasteiger partial charge in [0.05, 0.1) is 15.9 Å². The van der Waals surface area contributed by atoms with Gasteiger partial charge in [-0.15, -0.1) is 0 Å². The van der Waals surface area contributed by atoms with Crippen molar-refractivity contribution in [3.63, 3.8) is 0 Å². The van der Waals surface area contributed by atoms with Gasteiger partial charge in [-0.1, -0.05) is 0 Å². The molecular weight excluding hydrogens is 334 g/mol. The number of nitrogens with zero attached hydrogens (tertiary/aromatic N) is 5. The smallest absolute Gasteiger partial charge is 0.244 e. The summed E-state index contributed by atoms with van der Waals surface area (Å²) in [5.74, 6) is 0.0219. The molecule has 0 aliphatic carbocycles. The maximum Gasteiger partial charge on any atom is 0.244 e. The summed E-state index contributed by atoms with van der Waals surface area (Å²) in [6.07, 6.45) is 3.81. The number of amides is 1. The van der Waals surface area contributed by atoms with E-state index in [0.29, 0.717) is 6.54 Å². The molecule has 2 aromatic rings. The Morgan fingerprint density at radius 2 is 1.90 bits per heavy atom. The SMILES string of the molecule is CCn1cc(CN(C)C(=O)Cn2cc(Br)c(C)n2)c(C)n1. The van der Waals surface area contributed by atoms with Gasteiger partial charge in [0, 0.05) is 38.1 Å². The molecule has 7 heteroatoms. The fraction of sp³-hybridized carbons (Fsp3) is 0.500. The van der Waals surface area contributed by atoms with Gasteiger partial charge in [0.2, 0.25) is 5.91 Å². The van der Waals surface area contributed by atoms with Crippen molar-refractivity contribution in [3.05, 3.63) is 33.8 Å². The molecule has 0 saturated carbocycles. The summed E-state index contributed by atoms with van der Waals surface area (Å²) in [4.78, 5) is 14.0. The number of hydrogen-bond donors (Lipinski definition) is 0. The third kappa shape index (κ3) is 3.72. The summed E-state index contributed by atoms with van der Waals surface area (Å²) in [6.45, 7) is 7.54. The van der Waals surface area contributed by atoms with E-state index in [1.54, 1.807) is 16.6 Å². The number of likely N-dealkylation sites (N-methyl/N-ethyl adjacent to an activating group) is 1. The molecule has 0 aliphatic heterocycles. The molecule has 0 atom stereocenters. The normalized spacial score (nSPS) is 10.9. The lowest BCUT2D eigenvalue weighted by Gasteiger charge is -2.16. The van der Waals surface area contributed by atoms with Gasteiger partial charge in [-0.3, -0.25) is 14.2 Å². The van der Waals surface area contributed by atoms with E-state index in [2.05, 4.69) is 26.1 Å². The number of halogens is 1. The molecule has 0 aromatic carbocycles. The summed E-state index contributed by atoms with van der Waals surface area (Å²) < 4.78 is 4.45. The van der Waals surface area contributed by atoms with Crippen molar-refractivity contribution >= 4 is 21.8 Å². The van der Waals surface area contributed by atoms with E-state index in [9.17, 15) is 4.79 Å². The zero-order chi connectivity index (χ0) is 15.6. The summed E-state index contributed by atoms with van der Waals surface area (Å²) in [6, 6.07) is 0.